The summed E-state index contributed by atoms with van der Waals surface area (Å²) in [5.41, 5.74) is 4.03. The van der Waals surface area contributed by atoms with Crippen molar-refractivity contribution in [1.29, 1.82) is 0 Å². The van der Waals surface area contributed by atoms with E-state index in [-0.39, 0.29) is 0 Å². The van der Waals surface area contributed by atoms with Crippen LogP contribution in [0.5, 0.6) is 0 Å². The van der Waals surface area contributed by atoms with Gasteiger partial charge < -0.3 is 5.32 Å². The molecule has 0 fully saturated rings. The number of aryl methyl sites for hydroxylation is 2. The second-order valence-electron chi connectivity index (χ2n) is 4.92. The highest BCUT2D eigenvalue weighted by Crippen LogP contribution is 2.24. The van der Waals surface area contributed by atoms with Crippen LogP contribution in [0.1, 0.15) is 34.7 Å². The number of thiazole rings is 1. The van der Waals surface area contributed by atoms with Gasteiger partial charge in [0.25, 0.3) is 0 Å². The van der Waals surface area contributed by atoms with Crippen LogP contribution < -0.4 is 5.32 Å². The minimum absolute atomic E-state index is 0.502. The third kappa shape index (κ3) is 3.88. The van der Waals surface area contributed by atoms with E-state index in [0.29, 0.717) is 5.92 Å². The van der Waals surface area contributed by atoms with Gasteiger partial charge in [-0.05, 0) is 37.9 Å². The van der Waals surface area contributed by atoms with Crippen LogP contribution >= 0.6 is 11.3 Å². The maximum atomic E-state index is 4.60. The van der Waals surface area contributed by atoms with Crippen molar-refractivity contribution in [1.82, 2.24) is 10.3 Å². The van der Waals surface area contributed by atoms with Crippen LogP contribution in [0, 0.1) is 13.8 Å². The van der Waals surface area contributed by atoms with Crippen molar-refractivity contribution in [2.75, 3.05) is 13.1 Å². The number of hydrogen-bond acceptors (Lipinski definition) is 3. The minimum Gasteiger partial charge on any atom is -0.316 e. The topological polar surface area (TPSA) is 24.9 Å². The summed E-state index contributed by atoms with van der Waals surface area (Å²) in [5, 5.41) is 6.82. The molecule has 19 heavy (non-hydrogen) atoms. The van der Waals surface area contributed by atoms with Crippen molar-refractivity contribution in [3.63, 3.8) is 0 Å². The first-order valence-electron chi connectivity index (χ1n) is 6.88. The second kappa shape index (κ2) is 6.83. The Labute approximate surface area is 119 Å². The molecule has 1 heterocycles. The van der Waals surface area contributed by atoms with Crippen LogP contribution in [0.2, 0.25) is 0 Å². The molecule has 3 heteroatoms. The fourth-order valence-corrected chi connectivity index (χ4v) is 3.04. The average Bonchev–Trinajstić information content (AvgIpc) is 2.81. The molecular formula is C16H22N2S. The normalized spacial score (nSPS) is 12.6. The molecule has 0 bridgehead atoms. The largest absolute Gasteiger partial charge is 0.316 e. The number of nitrogens with zero attached hydrogens (tertiary/aromatic N) is 1. The highest BCUT2D eigenvalue weighted by Gasteiger charge is 2.15. The van der Waals surface area contributed by atoms with Crippen LogP contribution in [0.4, 0.5) is 0 Å². The molecule has 0 saturated carbocycles. The zero-order chi connectivity index (χ0) is 13.7. The molecule has 0 aliphatic rings. The zero-order valence-electron chi connectivity index (χ0n) is 11.9. The lowest BCUT2D eigenvalue weighted by Crippen LogP contribution is -2.23. The quantitative estimate of drug-likeness (QED) is 0.869. The summed E-state index contributed by atoms with van der Waals surface area (Å²) in [4.78, 5) is 4.60. The number of likely N-dealkylation sites (N-methyl/N-ethyl adjacent to an activating group) is 1. The summed E-state index contributed by atoms with van der Waals surface area (Å²) in [6, 6.07) is 8.68. The Morgan fingerprint density at radius 3 is 2.68 bits per heavy atom. The predicted molar refractivity (Wildman–Crippen MR) is 83.0 cm³/mol. The molecule has 1 aromatic heterocycles. The monoisotopic (exact) mass is 274 g/mol. The summed E-state index contributed by atoms with van der Waals surface area (Å²) < 4.78 is 0. The maximum Gasteiger partial charge on any atom is 0.0897 e. The van der Waals surface area contributed by atoms with Gasteiger partial charge in [-0.25, -0.2) is 4.98 Å². The molecule has 2 aromatic rings. The van der Waals surface area contributed by atoms with Crippen LogP contribution in [0.3, 0.4) is 0 Å². The first-order chi connectivity index (χ1) is 9.20. The Morgan fingerprint density at radius 1 is 1.26 bits per heavy atom. The average molecular weight is 274 g/mol. The molecule has 1 aromatic carbocycles. The molecule has 0 amide bonds. The molecule has 0 aliphatic carbocycles. The molecule has 2 nitrogen and oxygen atoms in total. The van der Waals surface area contributed by atoms with Gasteiger partial charge in [0.2, 0.25) is 0 Å². The summed E-state index contributed by atoms with van der Waals surface area (Å²) in [6.45, 7) is 8.44. The Morgan fingerprint density at radius 2 is 2.05 bits per heavy atom. The Bertz CT molecular complexity index is 519. The summed E-state index contributed by atoms with van der Waals surface area (Å²) in [5.74, 6) is 0.502. The van der Waals surface area contributed by atoms with E-state index in [1.165, 1.54) is 16.8 Å². The smallest absolute Gasteiger partial charge is 0.0897 e. The Balaban J connectivity index is 2.18. The van der Waals surface area contributed by atoms with Gasteiger partial charge in [0.1, 0.15) is 0 Å². The van der Waals surface area contributed by atoms with Crippen molar-refractivity contribution in [2.45, 2.75) is 33.1 Å². The lowest BCUT2D eigenvalue weighted by Gasteiger charge is -2.19. The Kier molecular flexibility index (Phi) is 5.11. The molecule has 2 rings (SSSR count). The van der Waals surface area contributed by atoms with Gasteiger partial charge in [-0.3, -0.25) is 0 Å². The van der Waals surface area contributed by atoms with Gasteiger partial charge in [0, 0.05) is 17.8 Å². The van der Waals surface area contributed by atoms with E-state index in [9.17, 15) is 0 Å². The van der Waals surface area contributed by atoms with Gasteiger partial charge in [0.05, 0.1) is 10.7 Å². The van der Waals surface area contributed by atoms with E-state index >= 15 is 0 Å². The first kappa shape index (κ1) is 14.2. The molecular weight excluding hydrogens is 252 g/mol. The molecule has 0 aliphatic heterocycles. The van der Waals surface area contributed by atoms with Gasteiger partial charge in [-0.2, -0.15) is 0 Å². The van der Waals surface area contributed by atoms with Gasteiger partial charge in [0.15, 0.2) is 0 Å². The SMILES string of the molecule is CCNCC(Cc1csc(C)n1)c1ccccc1C. The third-order valence-corrected chi connectivity index (χ3v) is 4.21. The molecule has 1 N–H and O–H groups in total. The van der Waals surface area contributed by atoms with Crippen molar-refractivity contribution in [3.05, 3.63) is 51.5 Å². The fourth-order valence-electron chi connectivity index (χ4n) is 2.41. The molecule has 1 unspecified atom stereocenters. The lowest BCUT2D eigenvalue weighted by atomic mass is 9.91. The van der Waals surface area contributed by atoms with Crippen LogP contribution in [0.15, 0.2) is 29.6 Å². The van der Waals surface area contributed by atoms with Crippen LogP contribution in [-0.2, 0) is 6.42 Å². The van der Waals surface area contributed by atoms with E-state index in [2.05, 4.69) is 60.7 Å². The summed E-state index contributed by atoms with van der Waals surface area (Å²) in [6.07, 6.45) is 1.02. The summed E-state index contributed by atoms with van der Waals surface area (Å²) >= 11 is 1.74. The van der Waals surface area contributed by atoms with Crippen LogP contribution in [0.25, 0.3) is 0 Å². The fraction of sp³-hybridized carbons (Fsp3) is 0.438. The first-order valence-corrected chi connectivity index (χ1v) is 7.76. The number of rotatable bonds is 6. The van der Waals surface area contributed by atoms with Gasteiger partial charge in [-0.15, -0.1) is 11.3 Å². The molecule has 102 valence electrons. The van der Waals surface area contributed by atoms with Crippen LogP contribution in [-0.4, -0.2) is 18.1 Å². The van der Waals surface area contributed by atoms with E-state index < -0.39 is 0 Å². The van der Waals surface area contributed by atoms with E-state index in [0.717, 1.165) is 24.5 Å². The maximum absolute atomic E-state index is 4.60. The lowest BCUT2D eigenvalue weighted by molar-refractivity contribution is 0.588. The minimum atomic E-state index is 0.502. The van der Waals surface area contributed by atoms with Crippen molar-refractivity contribution >= 4 is 11.3 Å². The molecule has 0 saturated heterocycles. The molecule has 0 spiro atoms. The number of nitrogens with one attached hydrogen (secondary N) is 1. The van der Waals surface area contributed by atoms with Crippen molar-refractivity contribution < 1.29 is 0 Å². The summed E-state index contributed by atoms with van der Waals surface area (Å²) in [7, 11) is 0. The zero-order valence-corrected chi connectivity index (χ0v) is 12.8. The predicted octanol–water partition coefficient (Wildman–Crippen LogP) is 3.70. The van der Waals surface area contributed by atoms with E-state index in [1.54, 1.807) is 11.3 Å². The molecule has 0 radical (unpaired) electrons. The Hall–Kier alpha value is -1.19. The van der Waals surface area contributed by atoms with Crippen molar-refractivity contribution in [3.8, 4) is 0 Å². The third-order valence-electron chi connectivity index (χ3n) is 3.39. The standard InChI is InChI=1S/C16H22N2S/c1-4-17-10-14(9-15-11-19-13(3)18-15)16-8-6-5-7-12(16)2/h5-8,11,14,17H,4,9-10H2,1-3H3. The van der Waals surface area contributed by atoms with E-state index in [1.807, 2.05) is 0 Å². The molecule has 1 atom stereocenters. The van der Waals surface area contributed by atoms with Gasteiger partial charge in [-0.1, -0.05) is 31.2 Å². The number of benzene rings is 1. The highest BCUT2D eigenvalue weighted by molar-refractivity contribution is 7.09. The number of aromatic nitrogens is 1. The van der Waals surface area contributed by atoms with Gasteiger partial charge >= 0.3 is 0 Å². The van der Waals surface area contributed by atoms with Crippen molar-refractivity contribution in [2.24, 2.45) is 0 Å². The van der Waals surface area contributed by atoms with E-state index in [4.69, 9.17) is 0 Å². The number of hydrogen-bond donors (Lipinski definition) is 1. The highest BCUT2D eigenvalue weighted by atomic mass is 32.1. The second-order valence-corrected chi connectivity index (χ2v) is 5.99.